The molecule has 1 aliphatic heterocycles. The van der Waals surface area contributed by atoms with Crippen LogP contribution in [0.2, 0.25) is 0 Å². The van der Waals surface area contributed by atoms with E-state index in [0.29, 0.717) is 13.0 Å². The van der Waals surface area contributed by atoms with Crippen LogP contribution in [0.25, 0.3) is 0 Å². The monoisotopic (exact) mass is 156 g/mol. The molecule has 63 valence electrons. The van der Waals surface area contributed by atoms with E-state index in [4.69, 9.17) is 10.5 Å². The van der Waals surface area contributed by atoms with Gasteiger partial charge in [-0.05, 0) is 32.6 Å². The molecule has 0 bridgehead atoms. The van der Waals surface area contributed by atoms with Crippen molar-refractivity contribution in [1.29, 1.82) is 0 Å². The Labute approximate surface area is 66.9 Å². The van der Waals surface area contributed by atoms with Gasteiger partial charge in [-0.2, -0.15) is 0 Å². The van der Waals surface area contributed by atoms with Gasteiger partial charge in [0, 0.05) is 6.61 Å². The molecule has 0 aromatic carbocycles. The zero-order valence-corrected chi connectivity index (χ0v) is 6.64. The minimum Gasteiger partial charge on any atom is -0.367 e. The summed E-state index contributed by atoms with van der Waals surface area (Å²) < 4.78 is 5.34. The number of hydrogen-bond donors (Lipinski definition) is 1. The molecule has 1 heterocycles. The summed E-state index contributed by atoms with van der Waals surface area (Å²) >= 11 is 0. The standard InChI is InChI=1S/C8H14NO2/c1-2-8(7(9)10)5-3-4-6-11-8/h1-6H2,(H2,9,10). The molecule has 1 atom stereocenters. The Morgan fingerprint density at radius 2 is 2.36 bits per heavy atom. The predicted molar refractivity (Wildman–Crippen MR) is 41.7 cm³/mol. The minimum atomic E-state index is -0.752. The number of carbonyl (C=O) groups is 1. The third-order valence-corrected chi connectivity index (χ3v) is 2.21. The Morgan fingerprint density at radius 3 is 2.64 bits per heavy atom. The van der Waals surface area contributed by atoms with E-state index in [0.717, 1.165) is 19.3 Å². The second kappa shape index (κ2) is 3.22. The molecule has 1 amide bonds. The van der Waals surface area contributed by atoms with E-state index in [-0.39, 0.29) is 5.91 Å². The summed E-state index contributed by atoms with van der Waals surface area (Å²) in [6.45, 7) is 4.31. The maximum Gasteiger partial charge on any atom is 0.249 e. The van der Waals surface area contributed by atoms with E-state index in [1.807, 2.05) is 0 Å². The Balaban J connectivity index is 2.64. The molecule has 0 spiro atoms. The Hall–Kier alpha value is -0.570. The van der Waals surface area contributed by atoms with Crippen LogP contribution >= 0.6 is 0 Å². The molecular formula is C8H14NO2. The molecule has 1 radical (unpaired) electrons. The summed E-state index contributed by atoms with van der Waals surface area (Å²) in [7, 11) is 0. The zero-order valence-electron chi connectivity index (χ0n) is 6.64. The van der Waals surface area contributed by atoms with Crippen molar-refractivity contribution in [3.8, 4) is 0 Å². The molecule has 1 saturated heterocycles. The number of ether oxygens (including phenoxy) is 1. The highest BCUT2D eigenvalue weighted by atomic mass is 16.5. The van der Waals surface area contributed by atoms with Gasteiger partial charge in [0.1, 0.15) is 5.60 Å². The molecule has 1 aliphatic rings. The molecule has 3 heteroatoms. The molecule has 0 aliphatic carbocycles. The first kappa shape index (κ1) is 8.53. The number of nitrogens with two attached hydrogens (primary N) is 1. The average Bonchev–Trinajstić information content (AvgIpc) is 2.05. The molecule has 1 fully saturated rings. The molecule has 1 rings (SSSR count). The van der Waals surface area contributed by atoms with Crippen molar-refractivity contribution in [2.24, 2.45) is 5.73 Å². The molecular weight excluding hydrogens is 142 g/mol. The van der Waals surface area contributed by atoms with Gasteiger partial charge in [-0.1, -0.05) is 0 Å². The van der Waals surface area contributed by atoms with Crippen LogP contribution in [0.15, 0.2) is 0 Å². The topological polar surface area (TPSA) is 52.3 Å². The Bertz CT molecular complexity index is 150. The smallest absolute Gasteiger partial charge is 0.249 e. The quantitative estimate of drug-likeness (QED) is 0.637. The third kappa shape index (κ3) is 1.53. The van der Waals surface area contributed by atoms with E-state index in [1.54, 1.807) is 0 Å². The largest absolute Gasteiger partial charge is 0.367 e. The van der Waals surface area contributed by atoms with Gasteiger partial charge in [-0.15, -0.1) is 0 Å². The van der Waals surface area contributed by atoms with E-state index >= 15 is 0 Å². The fourth-order valence-corrected chi connectivity index (χ4v) is 1.37. The van der Waals surface area contributed by atoms with E-state index in [9.17, 15) is 4.79 Å². The fourth-order valence-electron chi connectivity index (χ4n) is 1.37. The van der Waals surface area contributed by atoms with Crippen LogP contribution in [0.5, 0.6) is 0 Å². The van der Waals surface area contributed by atoms with Gasteiger partial charge in [0.15, 0.2) is 0 Å². The van der Waals surface area contributed by atoms with Crippen molar-refractivity contribution in [3.05, 3.63) is 6.92 Å². The fraction of sp³-hybridized carbons (Fsp3) is 0.750. The van der Waals surface area contributed by atoms with Crippen LogP contribution in [-0.2, 0) is 9.53 Å². The van der Waals surface area contributed by atoms with E-state index in [1.165, 1.54) is 0 Å². The van der Waals surface area contributed by atoms with Gasteiger partial charge in [0.2, 0.25) is 5.91 Å². The van der Waals surface area contributed by atoms with Crippen molar-refractivity contribution < 1.29 is 9.53 Å². The molecule has 0 aromatic rings. The van der Waals surface area contributed by atoms with Crippen molar-refractivity contribution in [2.45, 2.75) is 31.3 Å². The maximum absolute atomic E-state index is 11.0. The lowest BCUT2D eigenvalue weighted by atomic mass is 9.90. The van der Waals surface area contributed by atoms with Gasteiger partial charge >= 0.3 is 0 Å². The summed E-state index contributed by atoms with van der Waals surface area (Å²) in [4.78, 5) is 11.0. The van der Waals surface area contributed by atoms with Crippen LogP contribution in [0, 0.1) is 6.92 Å². The van der Waals surface area contributed by atoms with Gasteiger partial charge in [0.05, 0.1) is 0 Å². The molecule has 1 unspecified atom stereocenters. The average molecular weight is 156 g/mol. The summed E-state index contributed by atoms with van der Waals surface area (Å²) in [5.41, 5.74) is 4.46. The van der Waals surface area contributed by atoms with Gasteiger partial charge in [-0.25, -0.2) is 0 Å². The van der Waals surface area contributed by atoms with E-state index in [2.05, 4.69) is 6.92 Å². The Kier molecular flexibility index (Phi) is 2.49. The molecule has 0 saturated carbocycles. The summed E-state index contributed by atoms with van der Waals surface area (Å²) in [6, 6.07) is 0. The highest BCUT2D eigenvalue weighted by molar-refractivity contribution is 5.83. The zero-order chi connectivity index (χ0) is 8.32. The number of hydrogen-bond acceptors (Lipinski definition) is 2. The first-order chi connectivity index (χ1) is 5.21. The molecule has 3 nitrogen and oxygen atoms in total. The number of rotatable bonds is 2. The molecule has 0 aromatic heterocycles. The van der Waals surface area contributed by atoms with Crippen LogP contribution in [0.4, 0.5) is 0 Å². The SMILES string of the molecule is [CH2]CC1(C(N)=O)CCCCO1. The number of carbonyl (C=O) groups excluding carboxylic acids is 1. The maximum atomic E-state index is 11.0. The number of amides is 1. The van der Waals surface area contributed by atoms with Gasteiger partial charge in [0.25, 0.3) is 0 Å². The number of primary amides is 1. The van der Waals surface area contributed by atoms with Gasteiger partial charge < -0.3 is 10.5 Å². The van der Waals surface area contributed by atoms with Crippen molar-refractivity contribution in [3.63, 3.8) is 0 Å². The van der Waals surface area contributed by atoms with Crippen molar-refractivity contribution in [2.75, 3.05) is 6.61 Å². The summed E-state index contributed by atoms with van der Waals surface area (Å²) in [5, 5.41) is 0. The van der Waals surface area contributed by atoms with E-state index < -0.39 is 5.60 Å². The second-order valence-electron chi connectivity index (χ2n) is 2.91. The predicted octanol–water partition coefficient (Wildman–Crippen LogP) is 0.635. The van der Waals surface area contributed by atoms with Crippen LogP contribution in [0.3, 0.4) is 0 Å². The lowest BCUT2D eigenvalue weighted by Crippen LogP contribution is -2.47. The highest BCUT2D eigenvalue weighted by Crippen LogP contribution is 2.27. The minimum absolute atomic E-state index is 0.368. The van der Waals surface area contributed by atoms with Crippen molar-refractivity contribution >= 4 is 5.91 Å². The summed E-state index contributed by atoms with van der Waals surface area (Å²) in [5.74, 6) is -0.368. The van der Waals surface area contributed by atoms with Crippen molar-refractivity contribution in [1.82, 2.24) is 0 Å². The van der Waals surface area contributed by atoms with Gasteiger partial charge in [-0.3, -0.25) is 4.79 Å². The first-order valence-electron chi connectivity index (χ1n) is 3.94. The van der Waals surface area contributed by atoms with Crippen LogP contribution in [-0.4, -0.2) is 18.1 Å². The third-order valence-electron chi connectivity index (χ3n) is 2.21. The summed E-state index contributed by atoms with van der Waals surface area (Å²) in [6.07, 6.45) is 3.21. The lowest BCUT2D eigenvalue weighted by Gasteiger charge is -2.33. The molecule has 11 heavy (non-hydrogen) atoms. The van der Waals surface area contributed by atoms with Crippen LogP contribution < -0.4 is 5.73 Å². The van der Waals surface area contributed by atoms with Crippen LogP contribution in [0.1, 0.15) is 25.7 Å². The first-order valence-corrected chi connectivity index (χ1v) is 3.94. The highest BCUT2D eigenvalue weighted by Gasteiger charge is 2.37. The lowest BCUT2D eigenvalue weighted by molar-refractivity contribution is -0.149. The Morgan fingerprint density at radius 1 is 1.64 bits per heavy atom. The normalized spacial score (nSPS) is 31.7. The second-order valence-corrected chi connectivity index (χ2v) is 2.91. The molecule has 2 N–H and O–H groups in total.